The first kappa shape index (κ1) is 25.2. The topological polar surface area (TPSA) is 81.0 Å². The molecule has 1 fully saturated rings. The number of thiazole rings is 1. The Morgan fingerprint density at radius 1 is 1.06 bits per heavy atom. The van der Waals surface area contributed by atoms with E-state index in [1.54, 1.807) is 6.20 Å². The molecule has 4 atom stereocenters. The maximum Gasteiger partial charge on any atom is 0.261 e. The summed E-state index contributed by atoms with van der Waals surface area (Å²) < 4.78 is 19.0. The number of ether oxygens (including phenoxy) is 2. The molecule has 4 rings (SSSR count). The van der Waals surface area contributed by atoms with Gasteiger partial charge in [0.1, 0.15) is 12.2 Å². The highest BCUT2D eigenvalue weighted by Gasteiger charge is 2.53. The summed E-state index contributed by atoms with van der Waals surface area (Å²) in [6.45, 7) is 6.69. The molecule has 2 N–H and O–H groups in total. The van der Waals surface area contributed by atoms with Gasteiger partial charge in [-0.1, -0.05) is 81.4 Å². The van der Waals surface area contributed by atoms with Crippen molar-refractivity contribution in [3.63, 3.8) is 0 Å². The molecule has 34 heavy (non-hydrogen) atoms. The first-order valence-corrected chi connectivity index (χ1v) is 14.3. The molecule has 0 radical (unpaired) electrons. The average Bonchev–Trinajstić information content (AvgIpc) is 3.38. The molecule has 0 spiro atoms. The minimum atomic E-state index is -2.83. The van der Waals surface area contributed by atoms with E-state index >= 15 is 0 Å². The van der Waals surface area contributed by atoms with E-state index in [-0.39, 0.29) is 18.1 Å². The van der Waals surface area contributed by atoms with Gasteiger partial charge in [-0.15, -0.1) is 11.3 Å². The van der Waals surface area contributed by atoms with Gasteiger partial charge < -0.3 is 24.1 Å². The Bertz CT molecular complexity index is 1000. The van der Waals surface area contributed by atoms with Crippen molar-refractivity contribution in [1.82, 2.24) is 4.98 Å². The highest BCUT2D eigenvalue weighted by molar-refractivity contribution is 7.09. The minimum Gasteiger partial charge on any atom is -0.405 e. The molecule has 1 aromatic heterocycles. The number of methoxy groups -OCH3 is 1. The number of benzene rings is 2. The third-order valence-corrected chi connectivity index (χ3v) is 12.5. The fourth-order valence-corrected chi connectivity index (χ4v) is 10.2. The Morgan fingerprint density at radius 3 is 2.12 bits per heavy atom. The van der Waals surface area contributed by atoms with E-state index in [4.69, 9.17) is 13.9 Å². The quantitative estimate of drug-likeness (QED) is 0.487. The van der Waals surface area contributed by atoms with Crippen LogP contribution in [0, 0.1) is 0 Å². The molecule has 0 aliphatic carbocycles. The van der Waals surface area contributed by atoms with Crippen LogP contribution in [0.3, 0.4) is 0 Å². The van der Waals surface area contributed by atoms with Crippen LogP contribution in [0.2, 0.25) is 5.04 Å². The smallest absolute Gasteiger partial charge is 0.261 e. The van der Waals surface area contributed by atoms with Crippen LogP contribution in [-0.4, -0.2) is 55.5 Å². The van der Waals surface area contributed by atoms with Crippen molar-refractivity contribution in [2.24, 2.45) is 0 Å². The van der Waals surface area contributed by atoms with Gasteiger partial charge in [-0.05, 0) is 15.4 Å². The maximum atomic E-state index is 10.9. The molecule has 1 aliphatic rings. The maximum absolute atomic E-state index is 10.9. The third-order valence-electron chi connectivity index (χ3n) is 6.56. The highest BCUT2D eigenvalue weighted by Crippen LogP contribution is 2.41. The van der Waals surface area contributed by atoms with Gasteiger partial charge in [-0.25, -0.2) is 4.98 Å². The van der Waals surface area contributed by atoms with E-state index in [1.807, 2.05) is 41.8 Å². The van der Waals surface area contributed by atoms with E-state index in [0.29, 0.717) is 5.01 Å². The van der Waals surface area contributed by atoms with Crippen LogP contribution in [0.5, 0.6) is 0 Å². The molecule has 182 valence electrons. The van der Waals surface area contributed by atoms with E-state index in [9.17, 15) is 10.2 Å². The molecule has 3 aromatic rings. The number of aromatic nitrogens is 1. The average molecular weight is 500 g/mol. The van der Waals surface area contributed by atoms with Crippen molar-refractivity contribution in [3.8, 4) is 0 Å². The molecule has 8 heteroatoms. The number of rotatable bonds is 7. The van der Waals surface area contributed by atoms with Crippen LogP contribution in [0.25, 0.3) is 0 Å². The molecule has 1 unspecified atom stereocenters. The summed E-state index contributed by atoms with van der Waals surface area (Å²) in [7, 11) is -1.30. The van der Waals surface area contributed by atoms with Gasteiger partial charge in [-0.3, -0.25) is 0 Å². The fourth-order valence-electron chi connectivity index (χ4n) is 4.88. The summed E-state index contributed by atoms with van der Waals surface area (Å²) in [6, 6.07) is 20.6. The summed E-state index contributed by atoms with van der Waals surface area (Å²) in [5.74, 6) is -1.23. The number of aliphatic hydroxyl groups is 2. The number of aliphatic hydroxyl groups excluding tert-OH is 2. The van der Waals surface area contributed by atoms with Crippen LogP contribution in [0.1, 0.15) is 32.2 Å². The van der Waals surface area contributed by atoms with Gasteiger partial charge in [0.15, 0.2) is 5.01 Å². The molecule has 0 bridgehead atoms. The Kier molecular flexibility index (Phi) is 7.40. The predicted molar refractivity (Wildman–Crippen MR) is 136 cm³/mol. The van der Waals surface area contributed by atoms with Crippen molar-refractivity contribution in [2.45, 2.75) is 56.3 Å². The summed E-state index contributed by atoms with van der Waals surface area (Å²) in [5.41, 5.74) is 0. The Morgan fingerprint density at radius 2 is 1.65 bits per heavy atom. The molecule has 0 saturated carbocycles. The zero-order chi connectivity index (χ0) is 24.4. The second kappa shape index (κ2) is 9.99. The minimum absolute atomic E-state index is 0.0912. The predicted octanol–water partition coefficient (Wildman–Crippen LogP) is 3.03. The number of hydrogen-bond acceptors (Lipinski definition) is 7. The van der Waals surface area contributed by atoms with Crippen molar-refractivity contribution >= 4 is 30.0 Å². The van der Waals surface area contributed by atoms with E-state index < -0.39 is 32.4 Å². The standard InChI is InChI=1S/C26H33NO5SSi/c1-25(2,3)34(19-11-7-5-8-12-19,20-13-9-6-10-14-20)31-18-22-23(29)21(28)17-26(30-4,32-22)24-27-15-16-33-24/h5-16,21-23,28-29H,17-18H2,1-4H3/t21-,22-,23+,26?/m1/s1. The first-order valence-electron chi connectivity index (χ1n) is 11.5. The number of nitrogens with zero attached hydrogens (tertiary/aromatic N) is 1. The number of hydrogen-bond donors (Lipinski definition) is 2. The van der Waals surface area contributed by atoms with Crippen LogP contribution in [0.15, 0.2) is 72.2 Å². The molecular weight excluding hydrogens is 466 g/mol. The monoisotopic (exact) mass is 499 g/mol. The lowest BCUT2D eigenvalue weighted by molar-refractivity contribution is -0.322. The second-order valence-electron chi connectivity index (χ2n) is 9.69. The highest BCUT2D eigenvalue weighted by atomic mass is 32.1. The van der Waals surface area contributed by atoms with Gasteiger partial charge in [0.2, 0.25) is 5.79 Å². The van der Waals surface area contributed by atoms with Crippen LogP contribution >= 0.6 is 11.3 Å². The molecule has 1 aliphatic heterocycles. The molecule has 2 aromatic carbocycles. The summed E-state index contributed by atoms with van der Waals surface area (Å²) in [6.07, 6.45) is -1.18. The zero-order valence-corrected chi connectivity index (χ0v) is 21.9. The second-order valence-corrected chi connectivity index (χ2v) is 14.9. The van der Waals surface area contributed by atoms with Crippen molar-refractivity contribution < 1.29 is 24.1 Å². The lowest BCUT2D eigenvalue weighted by atomic mass is 9.96. The van der Waals surface area contributed by atoms with Crippen molar-refractivity contribution in [1.29, 1.82) is 0 Å². The molecular formula is C26H33NO5SSi. The molecule has 1 saturated heterocycles. The Balaban J connectivity index is 1.73. The van der Waals surface area contributed by atoms with Crippen molar-refractivity contribution in [3.05, 3.63) is 77.2 Å². The van der Waals surface area contributed by atoms with E-state index in [0.717, 1.165) is 10.4 Å². The van der Waals surface area contributed by atoms with Gasteiger partial charge >= 0.3 is 0 Å². The molecule has 6 nitrogen and oxygen atoms in total. The summed E-state index contributed by atoms with van der Waals surface area (Å²) >= 11 is 1.39. The van der Waals surface area contributed by atoms with Gasteiger partial charge in [-0.2, -0.15) is 0 Å². The fraction of sp³-hybridized carbons (Fsp3) is 0.423. The van der Waals surface area contributed by atoms with E-state index in [1.165, 1.54) is 18.4 Å². The normalized spacial score (nSPS) is 25.9. The SMILES string of the molecule is COC1(c2nccs2)C[C@@H](O)[C@H](O)[C@@H](CO[Si](c2ccccc2)(c2ccccc2)C(C)(C)C)O1. The Hall–Kier alpha value is -1.91. The van der Waals surface area contributed by atoms with Crippen LogP contribution in [0.4, 0.5) is 0 Å². The lowest BCUT2D eigenvalue weighted by Crippen LogP contribution is -2.68. The van der Waals surface area contributed by atoms with Gasteiger partial charge in [0, 0.05) is 25.1 Å². The summed E-state index contributed by atoms with van der Waals surface area (Å²) in [4.78, 5) is 4.36. The van der Waals surface area contributed by atoms with Crippen molar-refractivity contribution in [2.75, 3.05) is 13.7 Å². The largest absolute Gasteiger partial charge is 0.405 e. The van der Waals surface area contributed by atoms with E-state index in [2.05, 4.69) is 50.0 Å². The lowest BCUT2D eigenvalue weighted by Gasteiger charge is -2.47. The third kappa shape index (κ3) is 4.51. The molecule has 2 heterocycles. The first-order chi connectivity index (χ1) is 16.2. The van der Waals surface area contributed by atoms with Gasteiger partial charge in [0.25, 0.3) is 8.32 Å². The zero-order valence-electron chi connectivity index (χ0n) is 20.0. The van der Waals surface area contributed by atoms with Crippen LogP contribution < -0.4 is 10.4 Å². The summed E-state index contributed by atoms with van der Waals surface area (Å²) in [5, 5.41) is 26.1. The van der Waals surface area contributed by atoms with Gasteiger partial charge in [0.05, 0.1) is 12.7 Å². The van der Waals surface area contributed by atoms with Crippen LogP contribution in [-0.2, 0) is 19.7 Å². The Labute approximate surface area is 206 Å². The molecule has 0 amide bonds.